The van der Waals surface area contributed by atoms with Gasteiger partial charge in [-0.25, -0.2) is 14.3 Å². The molecule has 0 bridgehead atoms. The molecule has 24 heavy (non-hydrogen) atoms. The lowest BCUT2D eigenvalue weighted by atomic mass is 10.1. The molecule has 0 amide bonds. The number of nitrogens with one attached hydrogen (secondary N) is 1. The third kappa shape index (κ3) is 2.68. The molecule has 0 aliphatic carbocycles. The summed E-state index contributed by atoms with van der Waals surface area (Å²) in [5.41, 5.74) is 1.75. The highest BCUT2D eigenvalue weighted by molar-refractivity contribution is 6.36. The first-order chi connectivity index (χ1) is 11.4. The van der Waals surface area contributed by atoms with Crippen molar-refractivity contribution in [1.82, 2.24) is 14.6 Å². The van der Waals surface area contributed by atoms with Gasteiger partial charge in [0.15, 0.2) is 5.65 Å². The van der Waals surface area contributed by atoms with Gasteiger partial charge in [-0.1, -0.05) is 29.3 Å². The van der Waals surface area contributed by atoms with Gasteiger partial charge in [-0.3, -0.25) is 9.89 Å². The van der Waals surface area contributed by atoms with Crippen LogP contribution in [-0.4, -0.2) is 27.2 Å². The van der Waals surface area contributed by atoms with Crippen LogP contribution in [0.2, 0.25) is 10.0 Å². The van der Waals surface area contributed by atoms with Crippen molar-refractivity contribution in [2.75, 3.05) is 6.61 Å². The number of H-pyrrole nitrogens is 1. The highest BCUT2D eigenvalue weighted by Crippen LogP contribution is 2.34. The lowest BCUT2D eigenvalue weighted by molar-refractivity contribution is 0.0523. The number of rotatable bonds is 3. The maximum atomic E-state index is 12.5. The molecular formula is C16H13Cl2N3O3. The van der Waals surface area contributed by atoms with E-state index in [1.807, 2.05) is 0 Å². The Kier molecular flexibility index (Phi) is 4.34. The Labute approximate surface area is 147 Å². The molecule has 1 aromatic carbocycles. The predicted molar refractivity (Wildman–Crippen MR) is 92.0 cm³/mol. The van der Waals surface area contributed by atoms with Crippen molar-refractivity contribution >= 4 is 34.8 Å². The van der Waals surface area contributed by atoms with Crippen LogP contribution in [0, 0.1) is 6.92 Å². The zero-order valence-corrected chi connectivity index (χ0v) is 14.4. The van der Waals surface area contributed by atoms with Crippen molar-refractivity contribution < 1.29 is 9.53 Å². The minimum atomic E-state index is -0.706. The van der Waals surface area contributed by atoms with Crippen LogP contribution in [0.15, 0.2) is 29.2 Å². The Morgan fingerprint density at radius 1 is 1.38 bits per heavy atom. The maximum absolute atomic E-state index is 12.5. The van der Waals surface area contributed by atoms with Crippen LogP contribution in [0.3, 0.4) is 0 Å². The molecule has 0 aliphatic heterocycles. The number of benzene rings is 1. The summed E-state index contributed by atoms with van der Waals surface area (Å²) < 4.78 is 6.08. The second-order valence-corrected chi connectivity index (χ2v) is 5.94. The van der Waals surface area contributed by atoms with E-state index in [1.165, 1.54) is 10.7 Å². The standard InChI is InChI=1S/C16H13Cl2N3O3/c1-3-24-16(23)11-7-19-14-13(8(2)20-21(14)15(11)22)10-5-4-9(17)6-12(10)18/h4-7,20H,3H2,1-2H3. The first-order valence-corrected chi connectivity index (χ1v) is 7.92. The van der Waals surface area contributed by atoms with E-state index in [-0.39, 0.29) is 12.2 Å². The molecular weight excluding hydrogens is 353 g/mol. The number of carbonyl (C=O) groups excluding carboxylic acids is 1. The third-order valence-electron chi connectivity index (χ3n) is 3.54. The number of aryl methyl sites for hydroxylation is 1. The summed E-state index contributed by atoms with van der Waals surface area (Å²) in [7, 11) is 0. The van der Waals surface area contributed by atoms with Crippen LogP contribution in [-0.2, 0) is 4.74 Å². The molecule has 1 N–H and O–H groups in total. The zero-order chi connectivity index (χ0) is 17.4. The highest BCUT2D eigenvalue weighted by Gasteiger charge is 2.20. The van der Waals surface area contributed by atoms with Crippen molar-refractivity contribution in [3.05, 3.63) is 56.1 Å². The first kappa shape index (κ1) is 16.5. The fourth-order valence-corrected chi connectivity index (χ4v) is 2.99. The topological polar surface area (TPSA) is 76.5 Å². The van der Waals surface area contributed by atoms with Gasteiger partial charge in [0, 0.05) is 28.0 Å². The largest absolute Gasteiger partial charge is 0.462 e. The number of nitrogens with zero attached hydrogens (tertiary/aromatic N) is 2. The Morgan fingerprint density at radius 3 is 2.79 bits per heavy atom. The van der Waals surface area contributed by atoms with Crippen molar-refractivity contribution in [2.24, 2.45) is 0 Å². The van der Waals surface area contributed by atoms with Gasteiger partial charge >= 0.3 is 5.97 Å². The fraction of sp³-hybridized carbons (Fsp3) is 0.188. The lowest BCUT2D eigenvalue weighted by Gasteiger charge is -2.05. The number of hydrogen-bond donors (Lipinski definition) is 1. The Balaban J connectivity index is 2.25. The Morgan fingerprint density at radius 2 is 2.12 bits per heavy atom. The number of fused-ring (bicyclic) bond motifs is 1. The second kappa shape index (κ2) is 6.30. The number of aromatic nitrogens is 3. The second-order valence-electron chi connectivity index (χ2n) is 5.09. The lowest BCUT2D eigenvalue weighted by Crippen LogP contribution is -2.24. The summed E-state index contributed by atoms with van der Waals surface area (Å²) in [5.74, 6) is -0.706. The van der Waals surface area contributed by atoms with Crippen LogP contribution in [0.5, 0.6) is 0 Å². The molecule has 0 atom stereocenters. The molecule has 124 valence electrons. The number of halogens is 2. The van der Waals surface area contributed by atoms with Crippen LogP contribution in [0.1, 0.15) is 23.0 Å². The summed E-state index contributed by atoms with van der Waals surface area (Å²) in [6.07, 6.45) is 1.22. The number of carbonyl (C=O) groups is 1. The average Bonchev–Trinajstić information content (AvgIpc) is 2.85. The van der Waals surface area contributed by atoms with Crippen molar-refractivity contribution in [2.45, 2.75) is 13.8 Å². The van der Waals surface area contributed by atoms with E-state index in [0.29, 0.717) is 32.5 Å². The van der Waals surface area contributed by atoms with Crippen LogP contribution in [0.4, 0.5) is 0 Å². The average molecular weight is 366 g/mol. The van der Waals surface area contributed by atoms with E-state index >= 15 is 0 Å². The van der Waals surface area contributed by atoms with E-state index < -0.39 is 11.5 Å². The fourth-order valence-electron chi connectivity index (χ4n) is 2.49. The van der Waals surface area contributed by atoms with Crippen molar-refractivity contribution in [3.63, 3.8) is 0 Å². The SMILES string of the molecule is CCOC(=O)c1cnc2c(-c3ccc(Cl)cc3Cl)c(C)[nH]n2c1=O. The van der Waals surface area contributed by atoms with Crippen LogP contribution < -0.4 is 5.56 Å². The summed E-state index contributed by atoms with van der Waals surface area (Å²) in [6, 6.07) is 5.08. The monoisotopic (exact) mass is 365 g/mol. The van der Waals surface area contributed by atoms with Crippen LogP contribution >= 0.6 is 23.2 Å². The molecule has 2 heterocycles. The highest BCUT2D eigenvalue weighted by atomic mass is 35.5. The molecule has 0 spiro atoms. The smallest absolute Gasteiger partial charge is 0.345 e. The Hall–Kier alpha value is -2.31. The maximum Gasteiger partial charge on any atom is 0.345 e. The van der Waals surface area contributed by atoms with Gasteiger partial charge in [0.05, 0.1) is 11.6 Å². The van der Waals surface area contributed by atoms with Gasteiger partial charge in [-0.2, -0.15) is 0 Å². The normalized spacial score (nSPS) is 11.0. The van der Waals surface area contributed by atoms with E-state index in [9.17, 15) is 9.59 Å². The molecule has 2 aromatic heterocycles. The van der Waals surface area contributed by atoms with E-state index in [1.54, 1.807) is 32.0 Å². The number of ether oxygens (including phenoxy) is 1. The van der Waals surface area contributed by atoms with Gasteiger partial charge in [0.1, 0.15) is 5.56 Å². The minimum absolute atomic E-state index is 0.135. The molecule has 0 unspecified atom stereocenters. The van der Waals surface area contributed by atoms with E-state index in [4.69, 9.17) is 27.9 Å². The molecule has 6 nitrogen and oxygen atoms in total. The minimum Gasteiger partial charge on any atom is -0.462 e. The molecule has 0 fully saturated rings. The molecule has 0 aliphatic rings. The van der Waals surface area contributed by atoms with Crippen molar-refractivity contribution in [3.8, 4) is 11.1 Å². The van der Waals surface area contributed by atoms with Gasteiger partial charge in [-0.15, -0.1) is 0 Å². The Bertz CT molecular complexity index is 1010. The molecule has 3 aromatic rings. The summed E-state index contributed by atoms with van der Waals surface area (Å²) in [4.78, 5) is 28.6. The molecule has 0 saturated heterocycles. The summed E-state index contributed by atoms with van der Waals surface area (Å²) in [5, 5.41) is 3.87. The van der Waals surface area contributed by atoms with E-state index in [0.717, 1.165) is 0 Å². The molecule has 3 rings (SSSR count). The van der Waals surface area contributed by atoms with E-state index in [2.05, 4.69) is 10.1 Å². The third-order valence-corrected chi connectivity index (χ3v) is 4.08. The van der Waals surface area contributed by atoms with Gasteiger partial charge < -0.3 is 4.74 Å². The number of hydrogen-bond acceptors (Lipinski definition) is 4. The number of esters is 1. The first-order valence-electron chi connectivity index (χ1n) is 7.17. The summed E-state index contributed by atoms with van der Waals surface area (Å²) >= 11 is 12.2. The summed E-state index contributed by atoms with van der Waals surface area (Å²) in [6.45, 7) is 3.63. The zero-order valence-electron chi connectivity index (χ0n) is 12.9. The van der Waals surface area contributed by atoms with Gasteiger partial charge in [0.25, 0.3) is 5.56 Å². The van der Waals surface area contributed by atoms with Crippen molar-refractivity contribution in [1.29, 1.82) is 0 Å². The molecule has 0 saturated carbocycles. The van der Waals surface area contributed by atoms with Crippen LogP contribution in [0.25, 0.3) is 16.8 Å². The quantitative estimate of drug-likeness (QED) is 0.720. The van der Waals surface area contributed by atoms with Gasteiger partial charge in [0.2, 0.25) is 0 Å². The predicted octanol–water partition coefficient (Wildman–Crippen LogP) is 3.48. The van der Waals surface area contributed by atoms with Gasteiger partial charge in [-0.05, 0) is 26.0 Å². The number of aromatic amines is 1. The molecule has 8 heteroatoms. The molecule has 0 radical (unpaired) electrons.